The van der Waals surface area contributed by atoms with Crippen molar-refractivity contribution in [3.63, 3.8) is 0 Å². The van der Waals surface area contributed by atoms with Gasteiger partial charge in [-0.05, 0) is 67.1 Å². The van der Waals surface area contributed by atoms with Gasteiger partial charge in [-0.15, -0.1) is 0 Å². The summed E-state index contributed by atoms with van der Waals surface area (Å²) < 4.78 is 0. The first-order valence-corrected chi connectivity index (χ1v) is 8.64. The Balaban J connectivity index is 2.14. The molecule has 0 nitrogen and oxygen atoms in total. The van der Waals surface area contributed by atoms with Crippen molar-refractivity contribution >= 4 is 0 Å². The van der Waals surface area contributed by atoms with Crippen molar-refractivity contribution in [3.8, 4) is 0 Å². The summed E-state index contributed by atoms with van der Waals surface area (Å²) in [6, 6.07) is 0. The van der Waals surface area contributed by atoms with Crippen LogP contribution in [0.5, 0.6) is 0 Å². The summed E-state index contributed by atoms with van der Waals surface area (Å²) in [5, 5.41) is 0. The fourth-order valence-corrected chi connectivity index (χ4v) is 5.61. The quantitative estimate of drug-likeness (QED) is 0.553. The SMILES string of the molecule is C=C1C(CCC)CC(C)C1C1C(C)CC(C)CC1C. The van der Waals surface area contributed by atoms with Crippen LogP contribution in [0.25, 0.3) is 0 Å². The van der Waals surface area contributed by atoms with Crippen LogP contribution in [0.3, 0.4) is 0 Å². The zero-order chi connectivity index (χ0) is 14.2. The van der Waals surface area contributed by atoms with Crippen LogP contribution in [0.2, 0.25) is 0 Å². The van der Waals surface area contributed by atoms with Crippen LogP contribution >= 0.6 is 0 Å². The van der Waals surface area contributed by atoms with Crippen molar-refractivity contribution in [1.29, 1.82) is 0 Å². The normalized spacial score (nSPS) is 47.6. The second kappa shape index (κ2) is 6.02. The van der Waals surface area contributed by atoms with Crippen LogP contribution in [0.15, 0.2) is 12.2 Å². The molecule has 0 aromatic rings. The minimum Gasteiger partial charge on any atom is -0.0993 e. The van der Waals surface area contributed by atoms with Gasteiger partial charge < -0.3 is 0 Å². The fourth-order valence-electron chi connectivity index (χ4n) is 5.61. The van der Waals surface area contributed by atoms with Gasteiger partial charge in [-0.2, -0.15) is 0 Å². The molecule has 0 amide bonds. The molecule has 110 valence electrons. The maximum absolute atomic E-state index is 4.55. The van der Waals surface area contributed by atoms with Gasteiger partial charge in [0.05, 0.1) is 0 Å². The molecule has 2 aliphatic carbocycles. The van der Waals surface area contributed by atoms with Crippen LogP contribution < -0.4 is 0 Å². The summed E-state index contributed by atoms with van der Waals surface area (Å²) in [5.74, 6) is 6.12. The van der Waals surface area contributed by atoms with E-state index in [0.717, 1.165) is 41.4 Å². The average molecular weight is 262 g/mol. The molecule has 0 heterocycles. The molecule has 0 aromatic heterocycles. The molecule has 0 bridgehead atoms. The number of hydrogen-bond acceptors (Lipinski definition) is 0. The van der Waals surface area contributed by atoms with Crippen molar-refractivity contribution in [2.24, 2.45) is 41.4 Å². The molecule has 2 fully saturated rings. The highest BCUT2D eigenvalue weighted by molar-refractivity contribution is 5.16. The molecule has 2 rings (SSSR count). The second-order valence-corrected chi connectivity index (χ2v) is 7.91. The Morgan fingerprint density at radius 2 is 1.53 bits per heavy atom. The molecule has 0 radical (unpaired) electrons. The molecule has 0 aromatic carbocycles. The van der Waals surface area contributed by atoms with Gasteiger partial charge in [0.15, 0.2) is 0 Å². The molecule has 0 N–H and O–H groups in total. The van der Waals surface area contributed by atoms with E-state index in [1.165, 1.54) is 32.1 Å². The van der Waals surface area contributed by atoms with Crippen molar-refractivity contribution in [3.05, 3.63) is 12.2 Å². The highest BCUT2D eigenvalue weighted by atomic mass is 14.5. The lowest BCUT2D eigenvalue weighted by molar-refractivity contribution is 0.0811. The maximum Gasteiger partial charge on any atom is -0.0144 e. The summed E-state index contributed by atoms with van der Waals surface area (Å²) in [4.78, 5) is 0. The minimum atomic E-state index is 0.814. The van der Waals surface area contributed by atoms with E-state index < -0.39 is 0 Å². The third-order valence-corrected chi connectivity index (χ3v) is 6.14. The number of rotatable bonds is 3. The van der Waals surface area contributed by atoms with Gasteiger partial charge in [-0.3, -0.25) is 0 Å². The lowest BCUT2D eigenvalue weighted by atomic mass is 9.62. The third-order valence-electron chi connectivity index (χ3n) is 6.14. The first-order chi connectivity index (χ1) is 8.95. The van der Waals surface area contributed by atoms with Crippen LogP contribution in [-0.4, -0.2) is 0 Å². The zero-order valence-corrected chi connectivity index (χ0v) is 13.8. The topological polar surface area (TPSA) is 0 Å². The molecular weight excluding hydrogens is 228 g/mol. The van der Waals surface area contributed by atoms with E-state index in [1.807, 2.05) is 0 Å². The van der Waals surface area contributed by atoms with Crippen molar-refractivity contribution in [1.82, 2.24) is 0 Å². The van der Waals surface area contributed by atoms with Gasteiger partial charge in [0.2, 0.25) is 0 Å². The molecule has 0 spiro atoms. The van der Waals surface area contributed by atoms with Gasteiger partial charge >= 0.3 is 0 Å². The molecule has 2 saturated carbocycles. The summed E-state index contributed by atoms with van der Waals surface area (Å²) in [5.41, 5.74) is 1.62. The van der Waals surface area contributed by atoms with Crippen LogP contribution in [-0.2, 0) is 0 Å². The first-order valence-electron chi connectivity index (χ1n) is 8.64. The predicted molar refractivity (Wildman–Crippen MR) is 85.0 cm³/mol. The number of allylic oxidation sites excluding steroid dienone is 1. The largest absolute Gasteiger partial charge is 0.0993 e. The molecule has 19 heavy (non-hydrogen) atoms. The van der Waals surface area contributed by atoms with E-state index in [0.29, 0.717) is 0 Å². The average Bonchev–Trinajstić information content (AvgIpc) is 2.56. The van der Waals surface area contributed by atoms with E-state index >= 15 is 0 Å². The van der Waals surface area contributed by atoms with E-state index in [1.54, 1.807) is 5.57 Å². The Hall–Kier alpha value is -0.260. The summed E-state index contributed by atoms with van der Waals surface area (Å²) >= 11 is 0. The Morgan fingerprint density at radius 3 is 2.05 bits per heavy atom. The lowest BCUT2D eigenvalue weighted by Crippen LogP contribution is -2.36. The molecule has 5 unspecified atom stereocenters. The molecule has 0 aliphatic heterocycles. The van der Waals surface area contributed by atoms with Crippen LogP contribution in [0, 0.1) is 41.4 Å². The van der Waals surface area contributed by atoms with Gasteiger partial charge in [-0.1, -0.05) is 53.2 Å². The minimum absolute atomic E-state index is 0.814. The zero-order valence-electron chi connectivity index (χ0n) is 13.8. The Kier molecular flexibility index (Phi) is 4.79. The third kappa shape index (κ3) is 2.93. The van der Waals surface area contributed by atoms with Gasteiger partial charge in [-0.25, -0.2) is 0 Å². The van der Waals surface area contributed by atoms with E-state index in [9.17, 15) is 0 Å². The maximum atomic E-state index is 4.55. The summed E-state index contributed by atoms with van der Waals surface area (Å²) in [6.07, 6.45) is 6.96. The van der Waals surface area contributed by atoms with Gasteiger partial charge in [0, 0.05) is 0 Å². The van der Waals surface area contributed by atoms with Crippen molar-refractivity contribution < 1.29 is 0 Å². The molecule has 2 aliphatic rings. The first kappa shape index (κ1) is 15.1. The van der Waals surface area contributed by atoms with E-state index in [2.05, 4.69) is 41.2 Å². The summed E-state index contributed by atoms with van der Waals surface area (Å²) in [7, 11) is 0. The van der Waals surface area contributed by atoms with Gasteiger partial charge in [0.1, 0.15) is 0 Å². The standard InChI is InChI=1S/C19H34/c1-7-8-17-11-15(5)19(16(17)6)18-13(3)9-12(2)10-14(18)4/h12-15,17-19H,6-11H2,1-5H3. The molecular formula is C19H34. The Labute approximate surface area is 121 Å². The molecule has 0 saturated heterocycles. The second-order valence-electron chi connectivity index (χ2n) is 7.91. The Morgan fingerprint density at radius 1 is 0.947 bits per heavy atom. The van der Waals surface area contributed by atoms with Crippen LogP contribution in [0.4, 0.5) is 0 Å². The molecule has 5 atom stereocenters. The predicted octanol–water partition coefficient (Wildman–Crippen LogP) is 5.93. The van der Waals surface area contributed by atoms with Crippen molar-refractivity contribution in [2.45, 2.75) is 66.7 Å². The highest BCUT2D eigenvalue weighted by Gasteiger charge is 2.44. The Bertz CT molecular complexity index is 304. The van der Waals surface area contributed by atoms with Crippen LogP contribution in [0.1, 0.15) is 66.7 Å². The van der Waals surface area contributed by atoms with E-state index in [-0.39, 0.29) is 0 Å². The monoisotopic (exact) mass is 262 g/mol. The highest BCUT2D eigenvalue weighted by Crippen LogP contribution is 2.53. The number of hydrogen-bond donors (Lipinski definition) is 0. The van der Waals surface area contributed by atoms with E-state index in [4.69, 9.17) is 0 Å². The smallest absolute Gasteiger partial charge is 0.0144 e. The fraction of sp³-hybridized carbons (Fsp3) is 0.895. The van der Waals surface area contributed by atoms with Gasteiger partial charge in [0.25, 0.3) is 0 Å². The summed E-state index contributed by atoms with van der Waals surface area (Å²) in [6.45, 7) is 16.8. The lowest BCUT2D eigenvalue weighted by Gasteiger charge is -2.43. The molecule has 0 heteroatoms. The van der Waals surface area contributed by atoms with Crippen molar-refractivity contribution in [2.75, 3.05) is 0 Å².